The van der Waals surface area contributed by atoms with Gasteiger partial charge in [-0.2, -0.15) is 0 Å². The molecule has 4 aromatic rings. The molecular formula is C26H20Cl2F2N4O3. The third-order valence-corrected chi connectivity index (χ3v) is 6.42. The first-order chi connectivity index (χ1) is 17.6. The number of ketones is 1. The summed E-state index contributed by atoms with van der Waals surface area (Å²) in [4.78, 5) is 28.0. The van der Waals surface area contributed by atoms with Gasteiger partial charge in [-0.15, -0.1) is 0 Å². The smallest absolute Gasteiger partial charge is 0.253 e. The topological polar surface area (TPSA) is 123 Å². The molecule has 3 aromatic carbocycles. The van der Waals surface area contributed by atoms with Gasteiger partial charge in [-0.05, 0) is 36.4 Å². The molecule has 0 saturated heterocycles. The molecule has 190 valence electrons. The summed E-state index contributed by atoms with van der Waals surface area (Å²) in [6.07, 6.45) is 0. The number of carbonyl (C=O) groups is 2. The van der Waals surface area contributed by atoms with Crippen molar-refractivity contribution in [2.45, 2.75) is 6.54 Å². The van der Waals surface area contributed by atoms with E-state index in [2.05, 4.69) is 10.3 Å². The SMILES string of the molecule is COc1cc(-c2[nH]c(C(=O)c3c(F)cccc3F)c(N)c2C(N)=O)ccc1NCc1c(Cl)cccc1Cl. The number of amides is 1. The zero-order valence-electron chi connectivity index (χ0n) is 19.3. The number of ether oxygens (including phenoxy) is 1. The molecule has 0 aliphatic rings. The van der Waals surface area contributed by atoms with E-state index in [0.29, 0.717) is 39.2 Å². The van der Waals surface area contributed by atoms with Gasteiger partial charge in [0, 0.05) is 27.7 Å². The Morgan fingerprint density at radius 3 is 2.22 bits per heavy atom. The average Bonchev–Trinajstić information content (AvgIpc) is 3.21. The van der Waals surface area contributed by atoms with Gasteiger partial charge in [-0.1, -0.05) is 41.4 Å². The lowest BCUT2D eigenvalue weighted by Crippen LogP contribution is -2.14. The van der Waals surface area contributed by atoms with Crippen LogP contribution in [0, 0.1) is 11.6 Å². The van der Waals surface area contributed by atoms with Gasteiger partial charge in [0.15, 0.2) is 0 Å². The van der Waals surface area contributed by atoms with Crippen LogP contribution in [-0.4, -0.2) is 23.8 Å². The van der Waals surface area contributed by atoms with Crippen LogP contribution in [0.25, 0.3) is 11.3 Å². The Morgan fingerprint density at radius 2 is 1.62 bits per heavy atom. The van der Waals surface area contributed by atoms with Crippen molar-refractivity contribution in [1.82, 2.24) is 4.98 Å². The van der Waals surface area contributed by atoms with Gasteiger partial charge in [-0.3, -0.25) is 9.59 Å². The number of nitrogens with two attached hydrogens (primary N) is 2. The van der Waals surface area contributed by atoms with Crippen molar-refractivity contribution in [3.63, 3.8) is 0 Å². The summed E-state index contributed by atoms with van der Waals surface area (Å²) < 4.78 is 34.0. The third-order valence-electron chi connectivity index (χ3n) is 5.71. The van der Waals surface area contributed by atoms with E-state index in [4.69, 9.17) is 39.4 Å². The van der Waals surface area contributed by atoms with Crippen molar-refractivity contribution in [3.8, 4) is 17.0 Å². The number of benzene rings is 3. The quantitative estimate of drug-likeness (QED) is 0.209. The van der Waals surface area contributed by atoms with Gasteiger partial charge in [-0.25, -0.2) is 8.78 Å². The third kappa shape index (κ3) is 4.96. The van der Waals surface area contributed by atoms with Crippen molar-refractivity contribution < 1.29 is 23.1 Å². The molecular weight excluding hydrogens is 525 g/mol. The highest BCUT2D eigenvalue weighted by Gasteiger charge is 2.28. The first-order valence-corrected chi connectivity index (χ1v) is 11.5. The Balaban J connectivity index is 1.74. The summed E-state index contributed by atoms with van der Waals surface area (Å²) in [5, 5.41) is 4.17. The first-order valence-electron chi connectivity index (χ1n) is 10.8. The summed E-state index contributed by atoms with van der Waals surface area (Å²) in [7, 11) is 1.45. The Bertz CT molecular complexity index is 1500. The number of nitrogen functional groups attached to an aromatic ring is 1. The number of methoxy groups -OCH3 is 1. The van der Waals surface area contributed by atoms with E-state index < -0.39 is 28.9 Å². The maximum absolute atomic E-state index is 14.2. The van der Waals surface area contributed by atoms with Crippen molar-refractivity contribution in [1.29, 1.82) is 0 Å². The largest absolute Gasteiger partial charge is 0.495 e. The van der Waals surface area contributed by atoms with Gasteiger partial charge >= 0.3 is 0 Å². The second-order valence-electron chi connectivity index (χ2n) is 7.92. The minimum absolute atomic E-state index is 0.0871. The number of aromatic amines is 1. The fourth-order valence-corrected chi connectivity index (χ4v) is 4.41. The normalized spacial score (nSPS) is 10.8. The highest BCUT2D eigenvalue weighted by Crippen LogP contribution is 2.36. The van der Waals surface area contributed by atoms with Crippen LogP contribution in [0.2, 0.25) is 10.0 Å². The van der Waals surface area contributed by atoms with Gasteiger partial charge in [0.2, 0.25) is 5.78 Å². The molecule has 0 bridgehead atoms. The van der Waals surface area contributed by atoms with Crippen LogP contribution >= 0.6 is 23.2 Å². The maximum Gasteiger partial charge on any atom is 0.253 e. The lowest BCUT2D eigenvalue weighted by molar-refractivity contribution is 0.100. The Labute approximate surface area is 220 Å². The highest BCUT2D eigenvalue weighted by atomic mass is 35.5. The van der Waals surface area contributed by atoms with E-state index in [0.717, 1.165) is 18.2 Å². The molecule has 0 atom stereocenters. The van der Waals surface area contributed by atoms with Crippen molar-refractivity contribution in [2.75, 3.05) is 18.2 Å². The fourth-order valence-electron chi connectivity index (χ4n) is 3.88. The molecule has 11 heteroatoms. The highest BCUT2D eigenvalue weighted by molar-refractivity contribution is 6.36. The summed E-state index contributed by atoms with van der Waals surface area (Å²) >= 11 is 12.5. The van der Waals surface area contributed by atoms with Crippen molar-refractivity contribution in [2.24, 2.45) is 5.73 Å². The zero-order chi connectivity index (χ0) is 26.9. The van der Waals surface area contributed by atoms with E-state index in [1.807, 2.05) is 0 Å². The van der Waals surface area contributed by atoms with Crippen LogP contribution in [0.1, 0.15) is 32.0 Å². The average molecular weight is 545 g/mol. The van der Waals surface area contributed by atoms with Crippen molar-refractivity contribution in [3.05, 3.63) is 98.7 Å². The van der Waals surface area contributed by atoms with Crippen LogP contribution in [-0.2, 0) is 6.54 Å². The predicted octanol–water partition coefficient (Wildman–Crippen LogP) is 5.80. The molecule has 1 aromatic heterocycles. The minimum atomic E-state index is -1.07. The molecule has 1 amide bonds. The summed E-state index contributed by atoms with van der Waals surface area (Å²) in [5.74, 6) is -3.78. The van der Waals surface area contributed by atoms with Crippen LogP contribution in [0.4, 0.5) is 20.2 Å². The number of aromatic nitrogens is 1. The first kappa shape index (κ1) is 26.0. The molecule has 0 aliphatic heterocycles. The zero-order valence-corrected chi connectivity index (χ0v) is 20.8. The number of carbonyl (C=O) groups excluding carboxylic acids is 2. The lowest BCUT2D eigenvalue weighted by Gasteiger charge is -2.14. The fraction of sp³-hybridized carbons (Fsp3) is 0.0769. The van der Waals surface area contributed by atoms with Gasteiger partial charge in [0.1, 0.15) is 23.1 Å². The van der Waals surface area contributed by atoms with E-state index in [9.17, 15) is 18.4 Å². The van der Waals surface area contributed by atoms with Gasteiger partial charge < -0.3 is 26.5 Å². The van der Waals surface area contributed by atoms with Crippen molar-refractivity contribution >= 4 is 46.3 Å². The maximum atomic E-state index is 14.2. The Morgan fingerprint density at radius 1 is 1.00 bits per heavy atom. The van der Waals surface area contributed by atoms with E-state index in [1.54, 1.807) is 36.4 Å². The molecule has 0 radical (unpaired) electrons. The number of hydrogen-bond donors (Lipinski definition) is 4. The number of rotatable bonds is 8. The second kappa shape index (κ2) is 10.5. The van der Waals surface area contributed by atoms with E-state index in [-0.39, 0.29) is 22.6 Å². The van der Waals surface area contributed by atoms with E-state index >= 15 is 0 Å². The summed E-state index contributed by atoms with van der Waals surface area (Å²) in [5.41, 5.74) is 11.6. The summed E-state index contributed by atoms with van der Waals surface area (Å²) in [6, 6.07) is 13.0. The molecule has 7 nitrogen and oxygen atoms in total. The minimum Gasteiger partial charge on any atom is -0.495 e. The molecule has 6 N–H and O–H groups in total. The summed E-state index contributed by atoms with van der Waals surface area (Å²) in [6.45, 7) is 0.295. The number of nitrogens with one attached hydrogen (secondary N) is 2. The molecule has 4 rings (SSSR count). The molecule has 0 spiro atoms. The van der Waals surface area contributed by atoms with E-state index in [1.165, 1.54) is 7.11 Å². The molecule has 0 fully saturated rings. The number of H-pyrrole nitrogens is 1. The molecule has 0 unspecified atom stereocenters. The van der Waals surface area contributed by atoms with Crippen LogP contribution in [0.15, 0.2) is 54.6 Å². The lowest BCUT2D eigenvalue weighted by atomic mass is 10.0. The molecule has 1 heterocycles. The Kier molecular flexibility index (Phi) is 7.37. The predicted molar refractivity (Wildman–Crippen MR) is 139 cm³/mol. The number of primary amides is 1. The standard InChI is InChI=1S/C26H20Cl2F2N4O3/c1-37-19-10-12(8-9-18(19)33-11-13-14(27)4-2-5-15(13)28)23-21(26(32)36)22(31)24(34-23)25(35)20-16(29)6-3-7-17(20)30/h2-10,33-34H,11,31H2,1H3,(H2,32,36). The number of anilines is 2. The molecule has 0 saturated carbocycles. The monoisotopic (exact) mass is 544 g/mol. The van der Waals surface area contributed by atoms with Crippen LogP contribution in [0.3, 0.4) is 0 Å². The molecule has 37 heavy (non-hydrogen) atoms. The number of hydrogen-bond acceptors (Lipinski definition) is 5. The van der Waals surface area contributed by atoms with Gasteiger partial charge in [0.05, 0.1) is 35.3 Å². The van der Waals surface area contributed by atoms with Crippen LogP contribution < -0.4 is 21.5 Å². The van der Waals surface area contributed by atoms with Gasteiger partial charge in [0.25, 0.3) is 5.91 Å². The van der Waals surface area contributed by atoms with Crippen LogP contribution in [0.5, 0.6) is 5.75 Å². The Hall–Kier alpha value is -4.08. The number of halogens is 4. The second-order valence-corrected chi connectivity index (χ2v) is 8.74. The molecule has 0 aliphatic carbocycles.